The van der Waals surface area contributed by atoms with Gasteiger partial charge in [-0.3, -0.25) is 0 Å². The van der Waals surface area contributed by atoms with Gasteiger partial charge in [-0.25, -0.2) is 4.39 Å². The lowest BCUT2D eigenvalue weighted by molar-refractivity contribution is 0.360. The van der Waals surface area contributed by atoms with Crippen molar-refractivity contribution < 1.29 is 9.13 Å². The fourth-order valence-electron chi connectivity index (χ4n) is 2.15. The van der Waals surface area contributed by atoms with Crippen LogP contribution in [0.5, 0.6) is 5.75 Å². The molecule has 0 saturated heterocycles. The van der Waals surface area contributed by atoms with Crippen LogP contribution in [0.1, 0.15) is 5.56 Å². The van der Waals surface area contributed by atoms with Gasteiger partial charge in [-0.2, -0.15) is 0 Å². The van der Waals surface area contributed by atoms with Crippen LogP contribution in [0.15, 0.2) is 36.4 Å². The minimum Gasteiger partial charge on any atom is -0.488 e. The van der Waals surface area contributed by atoms with Gasteiger partial charge in [-0.15, -0.1) is 0 Å². The van der Waals surface area contributed by atoms with Crippen molar-refractivity contribution in [1.29, 1.82) is 0 Å². The van der Waals surface area contributed by atoms with Crippen molar-refractivity contribution in [3.63, 3.8) is 0 Å². The largest absolute Gasteiger partial charge is 0.488 e. The van der Waals surface area contributed by atoms with Crippen LogP contribution >= 0.6 is 23.2 Å². The Morgan fingerprint density at radius 3 is 2.58 bits per heavy atom. The number of ether oxygens (including phenoxy) is 1. The first kappa shape index (κ1) is 12.5. The average molecular weight is 295 g/mol. The van der Waals surface area contributed by atoms with Gasteiger partial charge in [-0.05, 0) is 18.2 Å². The van der Waals surface area contributed by atoms with Gasteiger partial charge in [0.15, 0.2) is 0 Å². The van der Waals surface area contributed by atoms with E-state index in [1.165, 1.54) is 12.1 Å². The summed E-state index contributed by atoms with van der Waals surface area (Å²) in [4.78, 5) is 0. The van der Waals surface area contributed by atoms with E-state index in [0.29, 0.717) is 12.2 Å². The molecule has 19 heavy (non-hydrogen) atoms. The standard InChI is InChI=1S/C15H9Cl2FO/c16-12-7-10(18)8-13(17)14(12)11-5-1-3-9-4-2-6-19-15(9)11/h1-5,7-8H,6H2. The molecule has 0 aliphatic carbocycles. The van der Waals surface area contributed by atoms with Crippen molar-refractivity contribution in [3.05, 3.63) is 57.8 Å². The predicted molar refractivity (Wildman–Crippen MR) is 76.4 cm³/mol. The fraction of sp³-hybridized carbons (Fsp3) is 0.0667. The van der Waals surface area contributed by atoms with Crippen LogP contribution in [0.3, 0.4) is 0 Å². The van der Waals surface area contributed by atoms with Crippen LogP contribution in [0.4, 0.5) is 4.39 Å². The molecular weight excluding hydrogens is 286 g/mol. The van der Waals surface area contributed by atoms with Crippen LogP contribution in [-0.2, 0) is 0 Å². The monoisotopic (exact) mass is 294 g/mol. The number of fused-ring (bicyclic) bond motifs is 1. The smallest absolute Gasteiger partial charge is 0.134 e. The Kier molecular flexibility index (Phi) is 3.21. The van der Waals surface area contributed by atoms with Crippen molar-refractivity contribution in [2.45, 2.75) is 0 Å². The molecule has 96 valence electrons. The summed E-state index contributed by atoms with van der Waals surface area (Å²) in [6.45, 7) is 0.500. The van der Waals surface area contributed by atoms with Gasteiger partial charge >= 0.3 is 0 Å². The molecule has 0 spiro atoms. The van der Waals surface area contributed by atoms with E-state index < -0.39 is 5.82 Å². The molecule has 0 bridgehead atoms. The molecule has 1 aliphatic rings. The maximum atomic E-state index is 13.3. The van der Waals surface area contributed by atoms with E-state index >= 15 is 0 Å². The number of benzene rings is 2. The molecule has 2 aromatic carbocycles. The van der Waals surface area contributed by atoms with Gasteiger partial charge in [0.2, 0.25) is 0 Å². The molecule has 1 aliphatic heterocycles. The lowest BCUT2D eigenvalue weighted by Crippen LogP contribution is -2.02. The third-order valence-electron chi connectivity index (χ3n) is 2.94. The third kappa shape index (κ3) is 2.22. The van der Waals surface area contributed by atoms with Gasteiger partial charge in [-0.1, -0.05) is 47.5 Å². The first-order chi connectivity index (χ1) is 9.16. The molecule has 4 heteroatoms. The van der Waals surface area contributed by atoms with Gasteiger partial charge in [0.1, 0.15) is 18.2 Å². The second-order valence-electron chi connectivity index (χ2n) is 4.18. The highest BCUT2D eigenvalue weighted by Gasteiger charge is 2.18. The van der Waals surface area contributed by atoms with Crippen LogP contribution in [-0.4, -0.2) is 6.61 Å². The minimum atomic E-state index is -0.454. The zero-order chi connectivity index (χ0) is 13.4. The number of hydrogen-bond donors (Lipinski definition) is 0. The Bertz CT molecular complexity index is 657. The first-order valence-electron chi connectivity index (χ1n) is 5.74. The summed E-state index contributed by atoms with van der Waals surface area (Å²) in [5.41, 5.74) is 2.33. The third-order valence-corrected chi connectivity index (χ3v) is 3.54. The highest BCUT2D eigenvalue weighted by molar-refractivity contribution is 6.39. The van der Waals surface area contributed by atoms with Crippen LogP contribution in [0.2, 0.25) is 10.0 Å². The van der Waals surface area contributed by atoms with E-state index in [0.717, 1.165) is 16.9 Å². The average Bonchev–Trinajstić information content (AvgIpc) is 2.38. The molecule has 0 radical (unpaired) electrons. The Hall–Kier alpha value is -1.51. The summed E-state index contributed by atoms with van der Waals surface area (Å²) in [5, 5.41) is 0.549. The molecule has 0 amide bonds. The van der Waals surface area contributed by atoms with Crippen LogP contribution < -0.4 is 4.74 Å². The second kappa shape index (κ2) is 4.87. The molecule has 0 saturated carbocycles. The van der Waals surface area contributed by atoms with E-state index in [2.05, 4.69) is 0 Å². The number of rotatable bonds is 1. The molecule has 0 N–H and O–H groups in total. The topological polar surface area (TPSA) is 9.23 Å². The number of para-hydroxylation sites is 1. The molecule has 3 rings (SSSR count). The lowest BCUT2D eigenvalue weighted by atomic mass is 10.00. The van der Waals surface area contributed by atoms with Gasteiger partial charge in [0.05, 0.1) is 10.0 Å². The lowest BCUT2D eigenvalue weighted by Gasteiger charge is -2.18. The molecular formula is C15H9Cl2FO. The molecule has 0 unspecified atom stereocenters. The van der Waals surface area contributed by atoms with Crippen molar-refractivity contribution in [2.75, 3.05) is 6.61 Å². The summed E-state index contributed by atoms with van der Waals surface area (Å²) in [5.74, 6) is 0.268. The quantitative estimate of drug-likeness (QED) is 0.702. The van der Waals surface area contributed by atoms with Crippen molar-refractivity contribution in [2.24, 2.45) is 0 Å². The molecule has 0 fully saturated rings. The Morgan fingerprint density at radius 2 is 1.84 bits per heavy atom. The molecule has 0 aromatic heterocycles. The highest BCUT2D eigenvalue weighted by Crippen LogP contribution is 2.42. The Labute approximate surface area is 120 Å². The van der Waals surface area contributed by atoms with Crippen molar-refractivity contribution in [1.82, 2.24) is 0 Å². The maximum absolute atomic E-state index is 13.3. The fourth-order valence-corrected chi connectivity index (χ4v) is 2.81. The second-order valence-corrected chi connectivity index (χ2v) is 5.00. The SMILES string of the molecule is Fc1cc(Cl)c(-c2cccc3c2OCC=C3)c(Cl)c1. The summed E-state index contributed by atoms with van der Waals surface area (Å²) in [6.07, 6.45) is 3.91. The van der Waals surface area contributed by atoms with Crippen molar-refractivity contribution in [3.8, 4) is 16.9 Å². The van der Waals surface area contributed by atoms with E-state index in [1.807, 2.05) is 30.4 Å². The zero-order valence-electron chi connectivity index (χ0n) is 9.79. The summed E-state index contributed by atoms with van der Waals surface area (Å²) < 4.78 is 18.9. The zero-order valence-corrected chi connectivity index (χ0v) is 11.3. The Balaban J connectivity index is 2.26. The van der Waals surface area contributed by atoms with Crippen LogP contribution in [0, 0.1) is 5.82 Å². The van der Waals surface area contributed by atoms with Crippen LogP contribution in [0.25, 0.3) is 17.2 Å². The van der Waals surface area contributed by atoms with E-state index in [4.69, 9.17) is 27.9 Å². The van der Waals surface area contributed by atoms with Gasteiger partial charge in [0.25, 0.3) is 0 Å². The van der Waals surface area contributed by atoms with E-state index in [-0.39, 0.29) is 10.0 Å². The normalized spacial score (nSPS) is 13.0. The highest BCUT2D eigenvalue weighted by atomic mass is 35.5. The van der Waals surface area contributed by atoms with E-state index in [9.17, 15) is 4.39 Å². The Morgan fingerprint density at radius 1 is 1.11 bits per heavy atom. The molecule has 2 aromatic rings. The predicted octanol–water partition coefficient (Wildman–Crippen LogP) is 5.21. The van der Waals surface area contributed by atoms with Crippen molar-refractivity contribution >= 4 is 29.3 Å². The summed E-state index contributed by atoms with van der Waals surface area (Å²) in [7, 11) is 0. The van der Waals surface area contributed by atoms with Gasteiger partial charge < -0.3 is 4.74 Å². The number of halogens is 3. The van der Waals surface area contributed by atoms with E-state index in [1.54, 1.807) is 0 Å². The summed E-state index contributed by atoms with van der Waals surface area (Å²) in [6, 6.07) is 8.20. The molecule has 0 atom stereocenters. The maximum Gasteiger partial charge on any atom is 0.134 e. The molecule has 1 nitrogen and oxygen atoms in total. The number of hydrogen-bond acceptors (Lipinski definition) is 1. The molecule has 1 heterocycles. The van der Waals surface area contributed by atoms with Gasteiger partial charge in [0, 0.05) is 16.7 Å². The summed E-state index contributed by atoms with van der Waals surface area (Å²) >= 11 is 12.2. The minimum absolute atomic E-state index is 0.275. The first-order valence-corrected chi connectivity index (χ1v) is 6.49.